The Hall–Kier alpha value is -1.02. The molecule has 2 nitrogen and oxygen atoms in total. The number of para-hydroxylation sites is 1. The molecule has 0 spiro atoms. The number of hydrogen-bond acceptors (Lipinski definition) is 2. The number of benzene rings is 1. The third kappa shape index (κ3) is 2.63. The quantitative estimate of drug-likeness (QED) is 0.871. The van der Waals surface area contributed by atoms with Crippen LogP contribution in [0.3, 0.4) is 0 Å². The number of nitrogens with two attached hydrogens (primary N) is 1. The number of rotatable bonds is 3. The molecule has 0 bridgehead atoms. The molecule has 0 saturated carbocycles. The summed E-state index contributed by atoms with van der Waals surface area (Å²) in [5.74, 6) is 1.12. The molecule has 0 aliphatic carbocycles. The summed E-state index contributed by atoms with van der Waals surface area (Å²) in [6, 6.07) is 6.72. The van der Waals surface area contributed by atoms with Crippen molar-refractivity contribution in [2.24, 2.45) is 5.73 Å². The average Bonchev–Trinajstić information content (AvgIpc) is 2.26. The van der Waals surface area contributed by atoms with Gasteiger partial charge in [-0.3, -0.25) is 0 Å². The Morgan fingerprint density at radius 2 is 2.18 bits per heavy atom. The Balaban J connectivity index is 2.37. The first-order valence-electron chi connectivity index (χ1n) is 6.51. The number of ether oxygens (including phenoxy) is 1. The first-order valence-corrected chi connectivity index (χ1v) is 6.51. The third-order valence-corrected chi connectivity index (χ3v) is 3.49. The van der Waals surface area contributed by atoms with Crippen molar-refractivity contribution in [1.29, 1.82) is 0 Å². The summed E-state index contributed by atoms with van der Waals surface area (Å²) in [5, 5.41) is 0. The molecular weight excluding hydrogens is 210 g/mol. The molecule has 0 aromatic heterocycles. The second kappa shape index (κ2) is 4.69. The van der Waals surface area contributed by atoms with Gasteiger partial charge in [0.25, 0.3) is 0 Å². The van der Waals surface area contributed by atoms with Crippen molar-refractivity contribution in [2.45, 2.75) is 51.5 Å². The van der Waals surface area contributed by atoms with Crippen LogP contribution in [0.4, 0.5) is 0 Å². The second-order valence-electron chi connectivity index (χ2n) is 5.81. The van der Waals surface area contributed by atoms with Gasteiger partial charge in [-0.2, -0.15) is 0 Å². The van der Waals surface area contributed by atoms with E-state index in [1.165, 1.54) is 11.1 Å². The molecule has 1 aromatic rings. The van der Waals surface area contributed by atoms with Crippen LogP contribution in [0.1, 0.15) is 44.7 Å². The van der Waals surface area contributed by atoms with Crippen molar-refractivity contribution in [1.82, 2.24) is 0 Å². The van der Waals surface area contributed by atoms with Crippen molar-refractivity contribution in [3.63, 3.8) is 0 Å². The summed E-state index contributed by atoms with van der Waals surface area (Å²) in [6.07, 6.45) is 3.24. The smallest absolute Gasteiger partial charge is 0.126 e. The molecule has 0 radical (unpaired) electrons. The molecule has 94 valence electrons. The first kappa shape index (κ1) is 12.4. The maximum Gasteiger partial charge on any atom is 0.126 e. The Bertz CT molecular complexity index is 396. The van der Waals surface area contributed by atoms with E-state index < -0.39 is 0 Å². The highest BCUT2D eigenvalue weighted by Crippen LogP contribution is 2.39. The maximum atomic E-state index is 5.95. The van der Waals surface area contributed by atoms with E-state index in [1.807, 2.05) is 0 Å². The van der Waals surface area contributed by atoms with Crippen molar-refractivity contribution in [3.8, 4) is 5.75 Å². The van der Waals surface area contributed by atoms with Gasteiger partial charge < -0.3 is 10.5 Å². The van der Waals surface area contributed by atoms with Crippen LogP contribution in [0.2, 0.25) is 0 Å². The molecule has 1 unspecified atom stereocenters. The van der Waals surface area contributed by atoms with E-state index in [0.29, 0.717) is 0 Å². The first-order chi connectivity index (χ1) is 8.00. The van der Waals surface area contributed by atoms with Crippen LogP contribution >= 0.6 is 0 Å². The molecule has 1 aliphatic heterocycles. The maximum absolute atomic E-state index is 5.95. The lowest BCUT2D eigenvalue weighted by molar-refractivity contribution is 0.276. The predicted molar refractivity (Wildman–Crippen MR) is 71.6 cm³/mol. The SMILES string of the molecule is CC(N)CC(C)(C)c1cccc2c1OCCC2. The Labute approximate surface area is 104 Å². The van der Waals surface area contributed by atoms with Gasteiger partial charge in [0.2, 0.25) is 0 Å². The van der Waals surface area contributed by atoms with Gasteiger partial charge in [0.15, 0.2) is 0 Å². The average molecular weight is 233 g/mol. The molecule has 0 amide bonds. The van der Waals surface area contributed by atoms with Crippen LogP contribution in [-0.2, 0) is 11.8 Å². The van der Waals surface area contributed by atoms with Crippen molar-refractivity contribution >= 4 is 0 Å². The number of aryl methyl sites for hydroxylation is 1. The van der Waals surface area contributed by atoms with Gasteiger partial charge in [0, 0.05) is 11.6 Å². The summed E-state index contributed by atoms with van der Waals surface area (Å²) < 4.78 is 5.88. The standard InChI is InChI=1S/C15H23NO/c1-11(16)10-15(2,3)13-8-4-6-12-7-5-9-17-14(12)13/h4,6,8,11H,5,7,9-10,16H2,1-3H3. The molecule has 2 heteroatoms. The summed E-state index contributed by atoms with van der Waals surface area (Å²) in [6.45, 7) is 7.42. The summed E-state index contributed by atoms with van der Waals surface area (Å²) >= 11 is 0. The van der Waals surface area contributed by atoms with E-state index in [4.69, 9.17) is 10.5 Å². The number of fused-ring (bicyclic) bond motifs is 1. The molecule has 1 aliphatic rings. The second-order valence-corrected chi connectivity index (χ2v) is 5.81. The molecule has 0 fully saturated rings. The molecule has 1 aromatic carbocycles. The lowest BCUT2D eigenvalue weighted by atomic mass is 9.78. The monoisotopic (exact) mass is 233 g/mol. The van der Waals surface area contributed by atoms with Crippen LogP contribution in [-0.4, -0.2) is 12.6 Å². The molecular formula is C15H23NO. The van der Waals surface area contributed by atoms with Crippen molar-refractivity contribution in [3.05, 3.63) is 29.3 Å². The van der Waals surface area contributed by atoms with Crippen molar-refractivity contribution in [2.75, 3.05) is 6.61 Å². The van der Waals surface area contributed by atoms with E-state index in [-0.39, 0.29) is 11.5 Å². The third-order valence-electron chi connectivity index (χ3n) is 3.49. The zero-order valence-electron chi connectivity index (χ0n) is 11.1. The fraction of sp³-hybridized carbons (Fsp3) is 0.600. The van der Waals surface area contributed by atoms with E-state index in [0.717, 1.165) is 31.6 Å². The van der Waals surface area contributed by atoms with E-state index in [1.54, 1.807) is 0 Å². The van der Waals surface area contributed by atoms with Crippen LogP contribution in [0, 0.1) is 0 Å². The van der Waals surface area contributed by atoms with Crippen LogP contribution in [0.25, 0.3) is 0 Å². The van der Waals surface area contributed by atoms with Gasteiger partial charge in [0.1, 0.15) is 5.75 Å². The van der Waals surface area contributed by atoms with Crippen molar-refractivity contribution < 1.29 is 4.74 Å². The molecule has 1 heterocycles. The highest BCUT2D eigenvalue weighted by Gasteiger charge is 2.28. The van der Waals surface area contributed by atoms with Gasteiger partial charge in [-0.25, -0.2) is 0 Å². The van der Waals surface area contributed by atoms with Crippen LogP contribution in [0.15, 0.2) is 18.2 Å². The minimum Gasteiger partial charge on any atom is -0.493 e. The predicted octanol–water partition coefficient (Wildman–Crippen LogP) is 3.03. The molecule has 2 N–H and O–H groups in total. The summed E-state index contributed by atoms with van der Waals surface area (Å²) in [4.78, 5) is 0. The topological polar surface area (TPSA) is 35.2 Å². The molecule has 0 saturated heterocycles. The highest BCUT2D eigenvalue weighted by molar-refractivity contribution is 5.46. The molecule has 2 rings (SSSR count). The van der Waals surface area contributed by atoms with Gasteiger partial charge in [-0.15, -0.1) is 0 Å². The minimum absolute atomic E-state index is 0.0802. The van der Waals surface area contributed by atoms with Crippen LogP contribution in [0.5, 0.6) is 5.75 Å². The van der Waals surface area contributed by atoms with E-state index in [2.05, 4.69) is 39.0 Å². The van der Waals surface area contributed by atoms with Crippen LogP contribution < -0.4 is 10.5 Å². The fourth-order valence-corrected chi connectivity index (χ4v) is 2.84. The van der Waals surface area contributed by atoms with E-state index in [9.17, 15) is 0 Å². The van der Waals surface area contributed by atoms with Gasteiger partial charge in [0.05, 0.1) is 6.61 Å². The summed E-state index contributed by atoms with van der Waals surface area (Å²) in [5.41, 5.74) is 8.70. The van der Waals surface area contributed by atoms with Gasteiger partial charge in [-0.05, 0) is 37.2 Å². The Morgan fingerprint density at radius 1 is 1.41 bits per heavy atom. The zero-order valence-corrected chi connectivity index (χ0v) is 11.1. The Morgan fingerprint density at radius 3 is 2.88 bits per heavy atom. The van der Waals surface area contributed by atoms with Gasteiger partial charge >= 0.3 is 0 Å². The number of hydrogen-bond donors (Lipinski definition) is 1. The highest BCUT2D eigenvalue weighted by atomic mass is 16.5. The lowest BCUT2D eigenvalue weighted by Crippen LogP contribution is -2.29. The van der Waals surface area contributed by atoms with E-state index >= 15 is 0 Å². The normalized spacial score (nSPS) is 17.2. The summed E-state index contributed by atoms with van der Waals surface area (Å²) in [7, 11) is 0. The molecule has 1 atom stereocenters. The lowest BCUT2D eigenvalue weighted by Gasteiger charge is -2.31. The Kier molecular flexibility index (Phi) is 3.43. The fourth-order valence-electron chi connectivity index (χ4n) is 2.84. The largest absolute Gasteiger partial charge is 0.493 e. The van der Waals surface area contributed by atoms with Gasteiger partial charge in [-0.1, -0.05) is 32.0 Å². The minimum atomic E-state index is 0.0802. The molecule has 17 heavy (non-hydrogen) atoms. The zero-order chi connectivity index (χ0) is 12.5.